The van der Waals surface area contributed by atoms with Gasteiger partial charge < -0.3 is 0 Å². The molecular formula is C26H30N2. The Kier molecular flexibility index (Phi) is 5.51. The van der Waals surface area contributed by atoms with Gasteiger partial charge in [-0.2, -0.15) is 0 Å². The fourth-order valence-electron chi connectivity index (χ4n) is 3.55. The van der Waals surface area contributed by atoms with Gasteiger partial charge in [0.1, 0.15) is 0 Å². The van der Waals surface area contributed by atoms with Crippen molar-refractivity contribution >= 4 is 22.8 Å². The van der Waals surface area contributed by atoms with Gasteiger partial charge in [-0.05, 0) is 124 Å². The predicted octanol–water partition coefficient (Wildman–Crippen LogP) is 7.29. The Morgan fingerprint density at radius 3 is 1.21 bits per heavy atom. The van der Waals surface area contributed by atoms with E-state index in [9.17, 15) is 0 Å². The summed E-state index contributed by atoms with van der Waals surface area (Å²) >= 11 is 0. The van der Waals surface area contributed by atoms with E-state index in [1.165, 1.54) is 33.4 Å². The molecule has 0 spiro atoms. The number of aliphatic imine (C=N–C) groups is 2. The van der Waals surface area contributed by atoms with Crippen molar-refractivity contribution in [3.05, 3.63) is 80.9 Å². The van der Waals surface area contributed by atoms with Crippen LogP contribution < -0.4 is 0 Å². The van der Waals surface area contributed by atoms with Gasteiger partial charge in [-0.15, -0.1) is 0 Å². The molecule has 0 N–H and O–H groups in total. The van der Waals surface area contributed by atoms with Gasteiger partial charge in [0.25, 0.3) is 0 Å². The molecule has 0 bridgehead atoms. The monoisotopic (exact) mass is 370 g/mol. The molecule has 2 aromatic rings. The lowest BCUT2D eigenvalue weighted by Crippen LogP contribution is -2.10. The second-order valence-corrected chi connectivity index (χ2v) is 8.10. The largest absolute Gasteiger partial charge is 0.248 e. The van der Waals surface area contributed by atoms with E-state index < -0.39 is 0 Å². The van der Waals surface area contributed by atoms with Gasteiger partial charge in [0.15, 0.2) is 0 Å². The lowest BCUT2D eigenvalue weighted by Gasteiger charge is -2.15. The van der Waals surface area contributed by atoms with Crippen LogP contribution in [-0.2, 0) is 0 Å². The molecule has 2 nitrogen and oxygen atoms in total. The molecule has 0 radical (unpaired) electrons. The Balaban J connectivity index is 2.04. The molecule has 3 rings (SSSR count). The van der Waals surface area contributed by atoms with Crippen LogP contribution >= 0.6 is 0 Å². The quantitative estimate of drug-likeness (QED) is 0.496. The Morgan fingerprint density at radius 1 is 0.500 bits per heavy atom. The molecule has 0 aliphatic heterocycles. The number of hydrogen-bond acceptors (Lipinski definition) is 2. The zero-order valence-corrected chi connectivity index (χ0v) is 18.4. The number of allylic oxidation sites excluding steroid dienone is 4. The number of aryl methyl sites for hydroxylation is 4. The highest BCUT2D eigenvalue weighted by Crippen LogP contribution is 2.28. The Hall–Kier alpha value is -2.74. The van der Waals surface area contributed by atoms with Crippen molar-refractivity contribution in [1.29, 1.82) is 0 Å². The van der Waals surface area contributed by atoms with Crippen LogP contribution in [0.2, 0.25) is 0 Å². The summed E-state index contributed by atoms with van der Waals surface area (Å²) in [7, 11) is 0. The van der Waals surface area contributed by atoms with Crippen molar-refractivity contribution in [1.82, 2.24) is 0 Å². The average Bonchev–Trinajstić information content (AvgIpc) is 2.60. The van der Waals surface area contributed by atoms with Crippen LogP contribution in [0, 0.1) is 41.5 Å². The van der Waals surface area contributed by atoms with Crippen molar-refractivity contribution < 1.29 is 0 Å². The molecule has 0 aromatic heterocycles. The highest BCUT2D eigenvalue weighted by molar-refractivity contribution is 6.24. The molecule has 0 fully saturated rings. The van der Waals surface area contributed by atoms with E-state index >= 15 is 0 Å². The van der Waals surface area contributed by atoms with Crippen molar-refractivity contribution in [3.63, 3.8) is 0 Å². The minimum absolute atomic E-state index is 1.02. The Bertz CT molecular complexity index is 989. The van der Waals surface area contributed by atoms with Crippen LogP contribution in [0.15, 0.2) is 57.5 Å². The van der Waals surface area contributed by atoms with E-state index in [1.807, 2.05) is 0 Å². The lowest BCUT2D eigenvalue weighted by atomic mass is 9.96. The van der Waals surface area contributed by atoms with Gasteiger partial charge in [0.2, 0.25) is 0 Å². The first-order valence-electron chi connectivity index (χ1n) is 9.86. The van der Waals surface area contributed by atoms with E-state index in [0.717, 1.165) is 33.9 Å². The summed E-state index contributed by atoms with van der Waals surface area (Å²) in [5, 5.41) is 0. The van der Waals surface area contributed by atoms with E-state index in [4.69, 9.17) is 9.98 Å². The third-order valence-corrected chi connectivity index (χ3v) is 5.56. The first-order valence-corrected chi connectivity index (χ1v) is 9.86. The number of rotatable bonds is 2. The molecule has 0 atom stereocenters. The predicted molar refractivity (Wildman–Crippen MR) is 123 cm³/mol. The van der Waals surface area contributed by atoms with E-state index in [-0.39, 0.29) is 0 Å². The molecule has 2 heteroatoms. The van der Waals surface area contributed by atoms with Crippen molar-refractivity contribution in [2.75, 3.05) is 0 Å². The number of nitrogens with zero attached hydrogens (tertiary/aromatic N) is 2. The number of benzene rings is 2. The molecular weight excluding hydrogens is 340 g/mol. The topological polar surface area (TPSA) is 24.7 Å². The zero-order valence-electron chi connectivity index (χ0n) is 18.4. The van der Waals surface area contributed by atoms with E-state index in [2.05, 4.69) is 91.8 Å². The second kappa shape index (κ2) is 7.71. The summed E-state index contributed by atoms with van der Waals surface area (Å²) in [4.78, 5) is 9.95. The fraction of sp³-hybridized carbons (Fsp3) is 0.308. The zero-order chi connectivity index (χ0) is 20.6. The molecule has 144 valence electrons. The summed E-state index contributed by atoms with van der Waals surface area (Å²) in [5.41, 5.74) is 13.9. The van der Waals surface area contributed by atoms with Gasteiger partial charge in [-0.1, -0.05) is 12.1 Å². The van der Waals surface area contributed by atoms with Crippen LogP contribution in [-0.4, -0.2) is 11.4 Å². The first-order chi connectivity index (χ1) is 13.2. The fourth-order valence-corrected chi connectivity index (χ4v) is 3.55. The smallest absolute Gasteiger partial charge is 0.0671 e. The summed E-state index contributed by atoms with van der Waals surface area (Å²) in [6.07, 6.45) is 4.31. The highest BCUT2D eigenvalue weighted by atomic mass is 14.8. The molecule has 0 unspecified atom stereocenters. The second-order valence-electron chi connectivity index (χ2n) is 8.10. The molecule has 28 heavy (non-hydrogen) atoms. The van der Waals surface area contributed by atoms with Crippen LogP contribution in [0.25, 0.3) is 0 Å². The first kappa shape index (κ1) is 20.0. The third kappa shape index (κ3) is 4.06. The van der Waals surface area contributed by atoms with Crippen molar-refractivity contribution in [3.8, 4) is 0 Å². The summed E-state index contributed by atoms with van der Waals surface area (Å²) in [6, 6.07) is 8.74. The molecule has 0 amide bonds. The van der Waals surface area contributed by atoms with E-state index in [0.29, 0.717) is 0 Å². The van der Waals surface area contributed by atoms with Crippen molar-refractivity contribution in [2.45, 2.75) is 55.4 Å². The molecule has 0 saturated carbocycles. The molecule has 0 saturated heterocycles. The SMILES string of the molecule is CC1=CC(=Nc2cc(C)cc(C)c2C)C(C)=CC1=Nc1cc(C)cc(C)c1C. The summed E-state index contributed by atoms with van der Waals surface area (Å²) in [5.74, 6) is 0. The van der Waals surface area contributed by atoms with Gasteiger partial charge >= 0.3 is 0 Å². The van der Waals surface area contributed by atoms with Crippen LogP contribution in [0.1, 0.15) is 47.2 Å². The van der Waals surface area contributed by atoms with Gasteiger partial charge in [0, 0.05) is 0 Å². The molecule has 1 aliphatic carbocycles. The lowest BCUT2D eigenvalue weighted by molar-refractivity contribution is 1.27. The van der Waals surface area contributed by atoms with Gasteiger partial charge in [0.05, 0.1) is 22.8 Å². The summed E-state index contributed by atoms with van der Waals surface area (Å²) in [6.45, 7) is 17.1. The van der Waals surface area contributed by atoms with Gasteiger partial charge in [-0.25, -0.2) is 9.98 Å². The number of hydrogen-bond donors (Lipinski definition) is 0. The average molecular weight is 371 g/mol. The maximum atomic E-state index is 4.97. The minimum atomic E-state index is 1.02. The Labute approximate surface area is 169 Å². The van der Waals surface area contributed by atoms with Gasteiger partial charge in [-0.3, -0.25) is 0 Å². The standard InChI is InChI=1S/C26H30N2/c1-15-9-17(3)21(7)25(11-15)27-23-13-20(6)24(14-19(23)5)28-26-12-16(2)10-18(4)22(26)8/h9-14H,1-8H3. The maximum Gasteiger partial charge on any atom is 0.0671 e. The normalized spacial score (nSPS) is 17.1. The third-order valence-electron chi connectivity index (χ3n) is 5.56. The van der Waals surface area contributed by atoms with Crippen molar-refractivity contribution in [2.24, 2.45) is 9.98 Å². The van der Waals surface area contributed by atoms with Crippen LogP contribution in [0.4, 0.5) is 11.4 Å². The van der Waals surface area contributed by atoms with Crippen LogP contribution in [0.5, 0.6) is 0 Å². The summed E-state index contributed by atoms with van der Waals surface area (Å²) < 4.78 is 0. The molecule has 1 aliphatic rings. The highest BCUT2D eigenvalue weighted by Gasteiger charge is 2.14. The molecule has 2 aromatic carbocycles. The Morgan fingerprint density at radius 2 is 0.857 bits per heavy atom. The minimum Gasteiger partial charge on any atom is -0.248 e. The van der Waals surface area contributed by atoms with Crippen LogP contribution in [0.3, 0.4) is 0 Å². The molecule has 0 heterocycles. The maximum absolute atomic E-state index is 4.97. The van der Waals surface area contributed by atoms with E-state index in [1.54, 1.807) is 0 Å².